The molecule has 5 N–H and O–H groups in total. The Labute approximate surface area is 136 Å². The van der Waals surface area contributed by atoms with Crippen molar-refractivity contribution >= 4 is 23.8 Å². The van der Waals surface area contributed by atoms with E-state index in [4.69, 9.17) is 5.11 Å². The van der Waals surface area contributed by atoms with E-state index in [1.807, 2.05) is 27.7 Å². The number of rotatable bonds is 10. The summed E-state index contributed by atoms with van der Waals surface area (Å²) < 4.78 is 0. The highest BCUT2D eigenvalue weighted by Gasteiger charge is 2.20. The van der Waals surface area contributed by atoms with Gasteiger partial charge in [-0.3, -0.25) is 0 Å². The number of hydrogen-bond donors (Lipinski definition) is 5. The average Bonchev–Trinajstić information content (AvgIpc) is 2.43. The predicted octanol–water partition coefficient (Wildman–Crippen LogP) is 1.01. The largest absolute Gasteiger partial charge is 0.480 e. The maximum Gasteiger partial charge on any atom is 0.326 e. The Morgan fingerprint density at radius 3 is 2.09 bits per heavy atom. The van der Waals surface area contributed by atoms with Crippen molar-refractivity contribution in [1.29, 1.82) is 0 Å². The number of nitrogens with zero attached hydrogens (tertiary/aromatic N) is 3. The number of aromatic nitrogens is 3. The van der Waals surface area contributed by atoms with Crippen molar-refractivity contribution in [2.45, 2.75) is 46.2 Å². The summed E-state index contributed by atoms with van der Waals surface area (Å²) in [6.45, 7) is 8.01. The van der Waals surface area contributed by atoms with Gasteiger partial charge in [0.25, 0.3) is 0 Å². The van der Waals surface area contributed by atoms with Crippen LogP contribution in [0.2, 0.25) is 0 Å². The minimum atomic E-state index is -0.956. The SMILES string of the molecule is CC(C)C[C@H](Nc1nc(NCCO)nc(NC(C)C)n1)C(=O)O. The molecule has 1 aromatic rings. The van der Waals surface area contributed by atoms with Crippen LogP contribution in [-0.2, 0) is 4.79 Å². The number of aliphatic carboxylic acids is 1. The Morgan fingerprint density at radius 2 is 1.61 bits per heavy atom. The van der Waals surface area contributed by atoms with Gasteiger partial charge in [-0.05, 0) is 26.2 Å². The van der Waals surface area contributed by atoms with Gasteiger partial charge < -0.3 is 26.2 Å². The number of hydrogen-bond acceptors (Lipinski definition) is 8. The topological polar surface area (TPSA) is 132 Å². The molecule has 0 aliphatic carbocycles. The van der Waals surface area contributed by atoms with Crippen LogP contribution in [0.15, 0.2) is 0 Å². The maximum atomic E-state index is 11.4. The van der Waals surface area contributed by atoms with Crippen LogP contribution in [0.5, 0.6) is 0 Å². The molecule has 9 nitrogen and oxygen atoms in total. The Bertz CT molecular complexity index is 509. The molecule has 0 saturated carbocycles. The van der Waals surface area contributed by atoms with Crippen LogP contribution in [0, 0.1) is 5.92 Å². The highest BCUT2D eigenvalue weighted by Crippen LogP contribution is 2.14. The van der Waals surface area contributed by atoms with E-state index in [2.05, 4.69) is 30.9 Å². The van der Waals surface area contributed by atoms with Crippen molar-refractivity contribution in [3.05, 3.63) is 0 Å². The Hall–Kier alpha value is -2.16. The van der Waals surface area contributed by atoms with Gasteiger partial charge >= 0.3 is 5.97 Å². The zero-order valence-electron chi connectivity index (χ0n) is 14.0. The van der Waals surface area contributed by atoms with E-state index in [1.54, 1.807) is 0 Å². The van der Waals surface area contributed by atoms with E-state index in [1.165, 1.54) is 0 Å². The first-order valence-electron chi connectivity index (χ1n) is 7.68. The van der Waals surface area contributed by atoms with Crippen LogP contribution in [0.1, 0.15) is 34.1 Å². The van der Waals surface area contributed by atoms with Crippen LogP contribution >= 0.6 is 0 Å². The lowest BCUT2D eigenvalue weighted by Gasteiger charge is -2.18. The molecule has 1 aromatic heterocycles. The highest BCUT2D eigenvalue weighted by molar-refractivity contribution is 5.76. The van der Waals surface area contributed by atoms with Crippen LogP contribution < -0.4 is 16.0 Å². The van der Waals surface area contributed by atoms with E-state index in [0.29, 0.717) is 18.9 Å². The van der Waals surface area contributed by atoms with Gasteiger partial charge in [0.15, 0.2) is 0 Å². The second-order valence-corrected chi connectivity index (χ2v) is 5.92. The lowest BCUT2D eigenvalue weighted by atomic mass is 10.0. The van der Waals surface area contributed by atoms with Gasteiger partial charge in [-0.25, -0.2) is 4.79 Å². The lowest BCUT2D eigenvalue weighted by molar-refractivity contribution is -0.138. The van der Waals surface area contributed by atoms with E-state index >= 15 is 0 Å². The quantitative estimate of drug-likeness (QED) is 0.427. The molecule has 0 amide bonds. The molecular weight excluding hydrogens is 300 g/mol. The fourth-order valence-electron chi connectivity index (χ4n) is 1.86. The van der Waals surface area contributed by atoms with Crippen molar-refractivity contribution in [3.8, 4) is 0 Å². The first-order chi connectivity index (χ1) is 10.8. The molecule has 0 bridgehead atoms. The molecule has 1 rings (SSSR count). The van der Waals surface area contributed by atoms with Gasteiger partial charge in [0.2, 0.25) is 17.8 Å². The van der Waals surface area contributed by atoms with Crippen molar-refractivity contribution in [1.82, 2.24) is 15.0 Å². The number of carbonyl (C=O) groups is 1. The zero-order chi connectivity index (χ0) is 17.4. The molecule has 0 aromatic carbocycles. The van der Waals surface area contributed by atoms with Gasteiger partial charge in [0.1, 0.15) is 6.04 Å². The summed E-state index contributed by atoms with van der Waals surface area (Å²) in [6.07, 6.45) is 0.452. The Balaban J connectivity index is 2.99. The summed E-state index contributed by atoms with van der Waals surface area (Å²) in [5.74, 6) is 0.0460. The van der Waals surface area contributed by atoms with E-state index in [-0.39, 0.29) is 30.5 Å². The van der Waals surface area contributed by atoms with E-state index in [0.717, 1.165) is 0 Å². The maximum absolute atomic E-state index is 11.4. The summed E-state index contributed by atoms with van der Waals surface area (Å²) in [6, 6.07) is -0.670. The molecule has 0 radical (unpaired) electrons. The summed E-state index contributed by atoms with van der Waals surface area (Å²) >= 11 is 0. The third-order valence-corrected chi connectivity index (χ3v) is 2.76. The average molecular weight is 326 g/mol. The monoisotopic (exact) mass is 326 g/mol. The normalized spacial score (nSPS) is 12.3. The summed E-state index contributed by atoms with van der Waals surface area (Å²) in [5.41, 5.74) is 0. The fourth-order valence-corrected chi connectivity index (χ4v) is 1.86. The summed E-state index contributed by atoms with van der Waals surface area (Å²) in [5, 5.41) is 26.9. The highest BCUT2D eigenvalue weighted by atomic mass is 16.4. The zero-order valence-corrected chi connectivity index (χ0v) is 14.0. The van der Waals surface area contributed by atoms with Crippen molar-refractivity contribution in [2.24, 2.45) is 5.92 Å². The van der Waals surface area contributed by atoms with Crippen molar-refractivity contribution in [2.75, 3.05) is 29.1 Å². The van der Waals surface area contributed by atoms with Crippen LogP contribution in [0.4, 0.5) is 17.8 Å². The lowest BCUT2D eigenvalue weighted by Crippen LogP contribution is -2.32. The van der Waals surface area contributed by atoms with Gasteiger partial charge in [0, 0.05) is 12.6 Å². The molecule has 9 heteroatoms. The van der Waals surface area contributed by atoms with Gasteiger partial charge in [0.05, 0.1) is 6.61 Å². The predicted molar refractivity (Wildman–Crippen MR) is 88.7 cm³/mol. The first kappa shape index (κ1) is 18.9. The molecule has 1 heterocycles. The fraction of sp³-hybridized carbons (Fsp3) is 0.714. The summed E-state index contributed by atoms with van der Waals surface area (Å²) in [7, 11) is 0. The third-order valence-electron chi connectivity index (χ3n) is 2.76. The molecule has 0 spiro atoms. The first-order valence-corrected chi connectivity index (χ1v) is 7.68. The van der Waals surface area contributed by atoms with Crippen molar-refractivity contribution < 1.29 is 15.0 Å². The molecule has 130 valence electrons. The van der Waals surface area contributed by atoms with Crippen LogP contribution in [0.25, 0.3) is 0 Å². The Morgan fingerprint density at radius 1 is 1.04 bits per heavy atom. The molecule has 23 heavy (non-hydrogen) atoms. The minimum absolute atomic E-state index is 0.0630. The van der Waals surface area contributed by atoms with Gasteiger partial charge in [-0.2, -0.15) is 15.0 Å². The number of anilines is 3. The van der Waals surface area contributed by atoms with E-state index < -0.39 is 12.0 Å². The summed E-state index contributed by atoms with van der Waals surface area (Å²) in [4.78, 5) is 23.9. The van der Waals surface area contributed by atoms with Crippen molar-refractivity contribution in [3.63, 3.8) is 0 Å². The smallest absolute Gasteiger partial charge is 0.326 e. The molecule has 0 saturated heterocycles. The standard InChI is InChI=1S/C14H26N6O3/c1-8(2)7-10(11(22)23)17-14-19-12(15-5-6-21)18-13(20-14)16-9(3)4/h8-10,21H,5-7H2,1-4H3,(H,22,23)(H3,15,16,17,18,19,20)/t10-/m0/s1. The molecule has 0 aliphatic heterocycles. The van der Waals surface area contributed by atoms with Gasteiger partial charge in [-0.1, -0.05) is 13.8 Å². The third kappa shape index (κ3) is 7.09. The Kier molecular flexibility index (Phi) is 7.46. The number of nitrogens with one attached hydrogen (secondary N) is 3. The second kappa shape index (κ2) is 9.09. The second-order valence-electron chi connectivity index (χ2n) is 5.92. The molecule has 0 fully saturated rings. The van der Waals surface area contributed by atoms with Gasteiger partial charge in [-0.15, -0.1) is 0 Å². The number of aliphatic hydroxyl groups excluding tert-OH is 1. The number of carboxylic acid groups (broad SMARTS) is 1. The van der Waals surface area contributed by atoms with E-state index in [9.17, 15) is 9.90 Å². The van der Waals surface area contributed by atoms with Crippen LogP contribution in [0.3, 0.4) is 0 Å². The molecular formula is C14H26N6O3. The molecule has 0 aliphatic rings. The molecule has 1 atom stereocenters. The number of carboxylic acids is 1. The molecule has 0 unspecified atom stereocenters. The minimum Gasteiger partial charge on any atom is -0.480 e. The van der Waals surface area contributed by atoms with Crippen LogP contribution in [-0.4, -0.2) is 56.4 Å². The number of aliphatic hydroxyl groups is 1.